The van der Waals surface area contributed by atoms with Crippen molar-refractivity contribution in [1.29, 1.82) is 0 Å². The Kier molecular flexibility index (Phi) is 5.09. The molecular formula is C20H28N6O. The predicted octanol–water partition coefficient (Wildman–Crippen LogP) is 2.88. The maximum Gasteiger partial charge on any atom is 0.222 e. The van der Waals surface area contributed by atoms with Crippen LogP contribution < -0.4 is 4.90 Å². The number of para-hydroxylation sites is 1. The monoisotopic (exact) mass is 368 g/mol. The number of rotatable bonds is 5. The van der Waals surface area contributed by atoms with Crippen LogP contribution >= 0.6 is 0 Å². The molecule has 144 valence electrons. The highest BCUT2D eigenvalue weighted by molar-refractivity contribution is 5.76. The van der Waals surface area contributed by atoms with Crippen LogP contribution in [0.1, 0.15) is 45.4 Å². The summed E-state index contributed by atoms with van der Waals surface area (Å²) in [4.78, 5) is 16.9. The van der Waals surface area contributed by atoms with E-state index >= 15 is 0 Å². The van der Waals surface area contributed by atoms with Gasteiger partial charge >= 0.3 is 0 Å². The van der Waals surface area contributed by atoms with Gasteiger partial charge in [-0.15, -0.1) is 5.10 Å². The zero-order valence-electron chi connectivity index (χ0n) is 16.0. The van der Waals surface area contributed by atoms with Crippen molar-refractivity contribution in [3.63, 3.8) is 0 Å². The number of anilines is 1. The third kappa shape index (κ3) is 3.68. The third-order valence-electron chi connectivity index (χ3n) is 6.20. The molecule has 7 nitrogen and oxygen atoms in total. The van der Waals surface area contributed by atoms with Crippen molar-refractivity contribution in [2.24, 2.45) is 5.41 Å². The van der Waals surface area contributed by atoms with Gasteiger partial charge in [0, 0.05) is 43.9 Å². The van der Waals surface area contributed by atoms with Gasteiger partial charge in [-0.1, -0.05) is 25.5 Å². The number of hydrogen-bond donors (Lipinski definition) is 1. The van der Waals surface area contributed by atoms with Crippen molar-refractivity contribution in [1.82, 2.24) is 25.5 Å². The first-order valence-electron chi connectivity index (χ1n) is 10.1. The van der Waals surface area contributed by atoms with Crippen molar-refractivity contribution in [2.45, 2.75) is 45.4 Å². The van der Waals surface area contributed by atoms with E-state index in [4.69, 9.17) is 0 Å². The second-order valence-electron chi connectivity index (χ2n) is 7.92. The maximum absolute atomic E-state index is 12.3. The number of nitrogens with one attached hydrogen (secondary N) is 1. The van der Waals surface area contributed by atoms with Gasteiger partial charge in [-0.25, -0.2) is 5.10 Å². The SMILES string of the molecule is CCCCC(=O)N1CCC2(CC1)CCN(c1ccccc1-c1nnn[nH]1)C2. The molecule has 1 aromatic heterocycles. The van der Waals surface area contributed by atoms with E-state index in [9.17, 15) is 4.79 Å². The number of aromatic amines is 1. The average Bonchev–Trinajstić information content (AvgIpc) is 3.37. The Balaban J connectivity index is 1.42. The summed E-state index contributed by atoms with van der Waals surface area (Å²) >= 11 is 0. The molecule has 1 N–H and O–H groups in total. The van der Waals surface area contributed by atoms with Gasteiger partial charge in [-0.3, -0.25) is 4.79 Å². The number of benzene rings is 1. The summed E-state index contributed by atoms with van der Waals surface area (Å²) in [6.07, 6.45) is 6.18. The maximum atomic E-state index is 12.3. The number of carbonyl (C=O) groups excluding carboxylic acids is 1. The molecule has 0 saturated carbocycles. The fourth-order valence-electron chi connectivity index (χ4n) is 4.49. The van der Waals surface area contributed by atoms with Gasteiger partial charge in [0.15, 0.2) is 5.82 Å². The highest BCUT2D eigenvalue weighted by Crippen LogP contribution is 2.43. The van der Waals surface area contributed by atoms with Crippen LogP contribution in [-0.2, 0) is 4.79 Å². The number of nitrogens with zero attached hydrogens (tertiary/aromatic N) is 5. The topological polar surface area (TPSA) is 78.0 Å². The van der Waals surface area contributed by atoms with Crippen molar-refractivity contribution in [3.05, 3.63) is 24.3 Å². The number of tetrazole rings is 1. The minimum atomic E-state index is 0.328. The third-order valence-corrected chi connectivity index (χ3v) is 6.20. The zero-order valence-corrected chi connectivity index (χ0v) is 16.0. The lowest BCUT2D eigenvalue weighted by Crippen LogP contribution is -2.44. The number of hydrogen-bond acceptors (Lipinski definition) is 5. The molecule has 2 saturated heterocycles. The number of H-pyrrole nitrogens is 1. The molecule has 1 amide bonds. The highest BCUT2D eigenvalue weighted by atomic mass is 16.2. The summed E-state index contributed by atoms with van der Waals surface area (Å²) < 4.78 is 0. The minimum Gasteiger partial charge on any atom is -0.370 e. The number of aromatic nitrogens is 4. The average molecular weight is 368 g/mol. The van der Waals surface area contributed by atoms with E-state index in [0.717, 1.165) is 57.4 Å². The number of carbonyl (C=O) groups is 1. The summed E-state index contributed by atoms with van der Waals surface area (Å²) in [5.74, 6) is 1.05. The van der Waals surface area contributed by atoms with Crippen molar-refractivity contribution in [3.8, 4) is 11.4 Å². The lowest BCUT2D eigenvalue weighted by Gasteiger charge is -2.39. The van der Waals surface area contributed by atoms with Crippen LogP contribution in [0.5, 0.6) is 0 Å². The van der Waals surface area contributed by atoms with Crippen LogP contribution in [0.15, 0.2) is 24.3 Å². The highest BCUT2D eigenvalue weighted by Gasteiger charge is 2.41. The minimum absolute atomic E-state index is 0.328. The molecule has 3 heterocycles. The molecule has 2 fully saturated rings. The first kappa shape index (κ1) is 17.9. The molecule has 4 rings (SSSR count). The van der Waals surface area contributed by atoms with E-state index < -0.39 is 0 Å². The van der Waals surface area contributed by atoms with Gasteiger partial charge in [-0.2, -0.15) is 0 Å². The Bertz CT molecular complexity index is 767. The summed E-state index contributed by atoms with van der Waals surface area (Å²) in [7, 11) is 0. The number of amides is 1. The second kappa shape index (κ2) is 7.66. The lowest BCUT2D eigenvalue weighted by molar-refractivity contribution is -0.133. The second-order valence-corrected chi connectivity index (χ2v) is 7.92. The van der Waals surface area contributed by atoms with Gasteiger partial charge in [0.1, 0.15) is 0 Å². The first-order valence-corrected chi connectivity index (χ1v) is 10.1. The van der Waals surface area contributed by atoms with Crippen LogP contribution in [0.2, 0.25) is 0 Å². The van der Waals surface area contributed by atoms with E-state index in [-0.39, 0.29) is 0 Å². The summed E-state index contributed by atoms with van der Waals surface area (Å²) in [6.45, 7) is 6.04. The molecule has 2 aliphatic heterocycles. The fraction of sp³-hybridized carbons (Fsp3) is 0.600. The summed E-state index contributed by atoms with van der Waals surface area (Å²) in [5, 5.41) is 14.4. The van der Waals surface area contributed by atoms with Crippen molar-refractivity contribution in [2.75, 3.05) is 31.1 Å². The smallest absolute Gasteiger partial charge is 0.222 e. The van der Waals surface area contributed by atoms with E-state index in [1.165, 1.54) is 12.1 Å². The molecule has 0 unspecified atom stereocenters. The van der Waals surface area contributed by atoms with Gasteiger partial charge in [0.05, 0.1) is 0 Å². The Morgan fingerprint density at radius 3 is 2.70 bits per heavy atom. The normalized spacial score (nSPS) is 19.0. The lowest BCUT2D eigenvalue weighted by atomic mass is 9.77. The Hall–Kier alpha value is -2.44. The molecule has 27 heavy (non-hydrogen) atoms. The largest absolute Gasteiger partial charge is 0.370 e. The van der Waals surface area contributed by atoms with E-state index in [1.807, 2.05) is 6.07 Å². The molecule has 0 radical (unpaired) electrons. The quantitative estimate of drug-likeness (QED) is 0.878. The molecule has 2 aliphatic rings. The molecule has 2 aromatic rings. The Morgan fingerprint density at radius 1 is 1.19 bits per heavy atom. The first-order chi connectivity index (χ1) is 13.2. The summed E-state index contributed by atoms with van der Waals surface area (Å²) in [6, 6.07) is 8.31. The zero-order chi connectivity index (χ0) is 18.7. The van der Waals surface area contributed by atoms with Crippen LogP contribution in [0.25, 0.3) is 11.4 Å². The number of piperidine rings is 1. The van der Waals surface area contributed by atoms with Gasteiger partial charge in [0.25, 0.3) is 0 Å². The van der Waals surface area contributed by atoms with E-state index in [0.29, 0.717) is 23.6 Å². The van der Waals surface area contributed by atoms with Crippen LogP contribution in [0, 0.1) is 5.41 Å². The Labute approximate surface area is 160 Å². The van der Waals surface area contributed by atoms with Gasteiger partial charge in [0.2, 0.25) is 5.91 Å². The van der Waals surface area contributed by atoms with Crippen molar-refractivity contribution >= 4 is 11.6 Å². The van der Waals surface area contributed by atoms with E-state index in [1.54, 1.807) is 0 Å². The van der Waals surface area contributed by atoms with Crippen LogP contribution in [-0.4, -0.2) is 57.6 Å². The number of unbranched alkanes of at least 4 members (excludes halogenated alkanes) is 1. The molecule has 0 atom stereocenters. The molecule has 1 spiro atoms. The van der Waals surface area contributed by atoms with Gasteiger partial charge in [-0.05, 0) is 53.7 Å². The van der Waals surface area contributed by atoms with Crippen LogP contribution in [0.4, 0.5) is 5.69 Å². The molecule has 7 heteroatoms. The number of likely N-dealkylation sites (tertiary alicyclic amines) is 1. The molecule has 0 bridgehead atoms. The summed E-state index contributed by atoms with van der Waals surface area (Å²) in [5.41, 5.74) is 2.56. The van der Waals surface area contributed by atoms with E-state index in [2.05, 4.69) is 55.5 Å². The fourth-order valence-corrected chi connectivity index (χ4v) is 4.49. The van der Waals surface area contributed by atoms with Gasteiger partial charge < -0.3 is 9.80 Å². The molecular weight excluding hydrogens is 340 g/mol. The molecule has 1 aromatic carbocycles. The predicted molar refractivity (Wildman–Crippen MR) is 104 cm³/mol. The standard InChI is InChI=1S/C20H28N6O/c1-2-3-8-18(27)25-12-9-20(10-13-25)11-14-26(15-20)17-7-5-4-6-16(17)19-21-23-24-22-19/h4-7H,2-3,8-15H2,1H3,(H,21,22,23,24). The molecule has 0 aliphatic carbocycles. The Morgan fingerprint density at radius 2 is 1.96 bits per heavy atom. The van der Waals surface area contributed by atoms with Crippen molar-refractivity contribution < 1.29 is 4.79 Å². The van der Waals surface area contributed by atoms with Crippen LogP contribution in [0.3, 0.4) is 0 Å².